The molecule has 0 bridgehead atoms. The smallest absolute Gasteiger partial charge is 0.116 e. The third-order valence-electron chi connectivity index (χ3n) is 3.39. The van der Waals surface area contributed by atoms with Crippen molar-refractivity contribution >= 4 is 11.6 Å². The molecule has 2 rings (SSSR count). The fourth-order valence-corrected chi connectivity index (χ4v) is 2.54. The first-order valence-corrected chi connectivity index (χ1v) is 7.09. The molecule has 0 spiro atoms. The Morgan fingerprint density at radius 1 is 1.50 bits per heavy atom. The van der Waals surface area contributed by atoms with Gasteiger partial charge in [0.15, 0.2) is 0 Å². The zero-order valence-corrected chi connectivity index (χ0v) is 12.5. The Hall–Kier alpha value is -1.49. The zero-order valence-electron chi connectivity index (χ0n) is 11.7. The Bertz CT molecular complexity index is 511. The van der Waals surface area contributed by atoms with Gasteiger partial charge in [-0.05, 0) is 48.5 Å². The van der Waals surface area contributed by atoms with Crippen LogP contribution in [0.3, 0.4) is 0 Å². The molecule has 4 nitrogen and oxygen atoms in total. The van der Waals surface area contributed by atoms with Crippen LogP contribution in [0.15, 0.2) is 41.7 Å². The second kappa shape index (κ2) is 7.33. The predicted octanol–water partition coefficient (Wildman–Crippen LogP) is 1.82. The summed E-state index contributed by atoms with van der Waals surface area (Å²) in [6, 6.07) is 6.49. The number of hydrogen-bond acceptors (Lipinski definition) is 4. The summed E-state index contributed by atoms with van der Waals surface area (Å²) in [5, 5.41) is 0.510. The monoisotopic (exact) mass is 292 g/mol. The summed E-state index contributed by atoms with van der Waals surface area (Å²) in [7, 11) is 2.16. The molecule has 1 heterocycles. The van der Waals surface area contributed by atoms with Gasteiger partial charge in [0, 0.05) is 19.6 Å². The van der Waals surface area contributed by atoms with E-state index in [2.05, 4.69) is 41.0 Å². The van der Waals surface area contributed by atoms with E-state index in [9.17, 15) is 0 Å². The maximum atomic E-state index is 5.96. The molecule has 1 aromatic rings. The minimum atomic E-state index is 0.510. The molecule has 0 atom stereocenters. The van der Waals surface area contributed by atoms with E-state index in [4.69, 9.17) is 17.3 Å². The van der Waals surface area contributed by atoms with Crippen LogP contribution in [0.4, 0.5) is 0 Å². The number of fused-ring (bicyclic) bond motifs is 1. The number of benzene rings is 1. The van der Waals surface area contributed by atoms with Crippen LogP contribution in [-0.4, -0.2) is 18.5 Å². The Morgan fingerprint density at radius 2 is 2.35 bits per heavy atom. The van der Waals surface area contributed by atoms with Crippen molar-refractivity contribution in [3.05, 3.63) is 58.4 Å². The summed E-state index contributed by atoms with van der Waals surface area (Å²) in [4.78, 5) is 2.34. The molecule has 1 aromatic carbocycles. The lowest BCUT2D eigenvalue weighted by atomic mass is 9.95. The van der Waals surface area contributed by atoms with Gasteiger partial charge >= 0.3 is 0 Å². The summed E-state index contributed by atoms with van der Waals surface area (Å²) in [6.45, 7) is 2.88. The van der Waals surface area contributed by atoms with Crippen LogP contribution in [0, 0.1) is 0 Å². The number of nitrogens with two attached hydrogens (primary N) is 1. The van der Waals surface area contributed by atoms with E-state index in [0.29, 0.717) is 5.16 Å². The minimum absolute atomic E-state index is 0.510. The van der Waals surface area contributed by atoms with Crippen LogP contribution >= 0.6 is 11.6 Å². The normalized spacial score (nSPS) is 16.4. The molecule has 0 aliphatic carbocycles. The summed E-state index contributed by atoms with van der Waals surface area (Å²) in [5.74, 6) is 0. The standard InChI is InChI=1S/C15H21ClN4/c1-20-9-7-14-12(4-2-5-13(14)11-20)10-18-19-15(16)6-3-8-17/h2-6,8,18-19H,7,9-11,17H2,1H3/b8-3-,15-6-. The van der Waals surface area contributed by atoms with Crippen LogP contribution in [0.25, 0.3) is 0 Å². The van der Waals surface area contributed by atoms with Gasteiger partial charge in [-0.25, -0.2) is 5.43 Å². The molecule has 20 heavy (non-hydrogen) atoms. The van der Waals surface area contributed by atoms with E-state index < -0.39 is 0 Å². The van der Waals surface area contributed by atoms with E-state index >= 15 is 0 Å². The van der Waals surface area contributed by atoms with Crippen LogP contribution in [0.5, 0.6) is 0 Å². The number of halogens is 1. The van der Waals surface area contributed by atoms with E-state index in [1.807, 2.05) is 0 Å². The number of hydrazine groups is 1. The molecular formula is C15H21ClN4. The van der Waals surface area contributed by atoms with Crippen molar-refractivity contribution in [3.63, 3.8) is 0 Å². The molecule has 0 saturated heterocycles. The molecule has 0 fully saturated rings. The average Bonchev–Trinajstić information content (AvgIpc) is 2.45. The fraction of sp³-hybridized carbons (Fsp3) is 0.333. The number of likely N-dealkylation sites (N-methyl/N-ethyl adjacent to an activating group) is 1. The number of nitrogens with one attached hydrogen (secondary N) is 2. The zero-order chi connectivity index (χ0) is 14.4. The van der Waals surface area contributed by atoms with Crippen molar-refractivity contribution in [1.82, 2.24) is 15.8 Å². The molecule has 0 unspecified atom stereocenters. The lowest BCUT2D eigenvalue weighted by Gasteiger charge is -2.27. The summed E-state index contributed by atoms with van der Waals surface area (Å²) in [5.41, 5.74) is 15.5. The van der Waals surface area contributed by atoms with Gasteiger partial charge in [-0.15, -0.1) is 0 Å². The molecule has 1 aliphatic rings. The van der Waals surface area contributed by atoms with Gasteiger partial charge in [-0.1, -0.05) is 29.8 Å². The van der Waals surface area contributed by atoms with E-state index in [0.717, 1.165) is 26.1 Å². The molecule has 0 saturated carbocycles. The second-order valence-electron chi connectivity index (χ2n) is 4.92. The first-order chi connectivity index (χ1) is 9.70. The van der Waals surface area contributed by atoms with Gasteiger partial charge in [-0.3, -0.25) is 0 Å². The van der Waals surface area contributed by atoms with Crippen molar-refractivity contribution in [1.29, 1.82) is 0 Å². The molecule has 0 aromatic heterocycles. The Balaban J connectivity index is 1.95. The van der Waals surface area contributed by atoms with Gasteiger partial charge in [0.25, 0.3) is 0 Å². The van der Waals surface area contributed by atoms with Gasteiger partial charge < -0.3 is 16.1 Å². The average molecular weight is 293 g/mol. The van der Waals surface area contributed by atoms with E-state index in [1.165, 1.54) is 22.9 Å². The highest BCUT2D eigenvalue weighted by molar-refractivity contribution is 6.29. The Kier molecular flexibility index (Phi) is 5.47. The predicted molar refractivity (Wildman–Crippen MR) is 83.7 cm³/mol. The highest BCUT2D eigenvalue weighted by Gasteiger charge is 2.15. The molecule has 0 radical (unpaired) electrons. The fourth-order valence-electron chi connectivity index (χ4n) is 2.40. The third kappa shape index (κ3) is 4.00. The van der Waals surface area contributed by atoms with Gasteiger partial charge in [0.2, 0.25) is 0 Å². The molecule has 4 N–H and O–H groups in total. The maximum Gasteiger partial charge on any atom is 0.116 e. The summed E-state index contributed by atoms with van der Waals surface area (Å²) < 4.78 is 0. The van der Waals surface area contributed by atoms with E-state index in [1.54, 1.807) is 12.2 Å². The Morgan fingerprint density at radius 3 is 3.15 bits per heavy atom. The number of nitrogens with zero attached hydrogens (tertiary/aromatic N) is 1. The van der Waals surface area contributed by atoms with Crippen LogP contribution in [0.1, 0.15) is 16.7 Å². The van der Waals surface area contributed by atoms with Crippen LogP contribution in [-0.2, 0) is 19.5 Å². The van der Waals surface area contributed by atoms with Crippen molar-refractivity contribution in [3.8, 4) is 0 Å². The number of rotatable bonds is 5. The van der Waals surface area contributed by atoms with Gasteiger partial charge in [0.1, 0.15) is 5.16 Å². The second-order valence-corrected chi connectivity index (χ2v) is 5.33. The van der Waals surface area contributed by atoms with Gasteiger partial charge in [0.05, 0.1) is 0 Å². The molecule has 5 heteroatoms. The first-order valence-electron chi connectivity index (χ1n) is 6.72. The highest BCUT2D eigenvalue weighted by Crippen LogP contribution is 2.21. The molecule has 1 aliphatic heterocycles. The van der Waals surface area contributed by atoms with Crippen molar-refractivity contribution in [2.24, 2.45) is 5.73 Å². The molecule has 108 valence electrons. The maximum absolute atomic E-state index is 5.96. The van der Waals surface area contributed by atoms with Crippen molar-refractivity contribution in [2.45, 2.75) is 19.5 Å². The quantitative estimate of drug-likeness (QED) is 0.440. The molecule has 0 amide bonds. The summed E-state index contributed by atoms with van der Waals surface area (Å²) in [6.07, 6.45) is 5.92. The number of hydrogen-bond donors (Lipinski definition) is 3. The summed E-state index contributed by atoms with van der Waals surface area (Å²) >= 11 is 5.96. The van der Waals surface area contributed by atoms with Crippen molar-refractivity contribution in [2.75, 3.05) is 13.6 Å². The van der Waals surface area contributed by atoms with Crippen molar-refractivity contribution < 1.29 is 0 Å². The van der Waals surface area contributed by atoms with E-state index in [-0.39, 0.29) is 0 Å². The Labute approximate surface area is 125 Å². The highest BCUT2D eigenvalue weighted by atomic mass is 35.5. The topological polar surface area (TPSA) is 53.3 Å². The van der Waals surface area contributed by atoms with Crippen LogP contribution in [0.2, 0.25) is 0 Å². The largest absolute Gasteiger partial charge is 0.405 e. The lowest BCUT2D eigenvalue weighted by Crippen LogP contribution is -2.31. The lowest BCUT2D eigenvalue weighted by molar-refractivity contribution is 0.312. The van der Waals surface area contributed by atoms with Gasteiger partial charge in [-0.2, -0.15) is 0 Å². The number of allylic oxidation sites excluding steroid dienone is 2. The first kappa shape index (κ1) is 14.9. The SMILES string of the molecule is CN1CCc2c(CNN/C(Cl)=C\C=C/N)cccc2C1. The minimum Gasteiger partial charge on any atom is -0.405 e. The third-order valence-corrected chi connectivity index (χ3v) is 3.61. The molecular weight excluding hydrogens is 272 g/mol. The van der Waals surface area contributed by atoms with Crippen LogP contribution < -0.4 is 16.6 Å².